The van der Waals surface area contributed by atoms with Crippen molar-refractivity contribution in [2.45, 2.75) is 0 Å². The number of aromatic amines is 2. The van der Waals surface area contributed by atoms with E-state index in [0.29, 0.717) is 10.8 Å². The van der Waals surface area contributed by atoms with Gasteiger partial charge in [-0.15, -0.1) is 0 Å². The number of benzene rings is 1. The van der Waals surface area contributed by atoms with Gasteiger partial charge in [0.1, 0.15) is 0 Å². The lowest BCUT2D eigenvalue weighted by molar-refractivity contribution is 1.05. The van der Waals surface area contributed by atoms with Crippen LogP contribution in [-0.4, -0.2) is 15.2 Å². The molecule has 5 heteroatoms. The molecule has 2 N–H and O–H groups in total. The lowest BCUT2D eigenvalue weighted by atomic mass is 10.2. The van der Waals surface area contributed by atoms with Crippen LogP contribution in [0.25, 0.3) is 11.4 Å². The van der Waals surface area contributed by atoms with E-state index in [1.807, 2.05) is 6.07 Å². The minimum atomic E-state index is -0.324. The molecule has 0 atom stereocenters. The number of rotatable bonds is 1. The third-order valence-corrected chi connectivity index (χ3v) is 1.83. The quantitative estimate of drug-likeness (QED) is 0.723. The van der Waals surface area contributed by atoms with Crippen LogP contribution in [0.3, 0.4) is 0 Å². The van der Waals surface area contributed by atoms with Crippen molar-refractivity contribution < 1.29 is 0 Å². The summed E-state index contributed by atoms with van der Waals surface area (Å²) < 4.78 is 0. The summed E-state index contributed by atoms with van der Waals surface area (Å²) in [5.74, 6) is 0.493. The van der Waals surface area contributed by atoms with E-state index in [1.54, 1.807) is 18.2 Å². The molecule has 0 aliphatic heterocycles. The molecule has 2 rings (SSSR count). The summed E-state index contributed by atoms with van der Waals surface area (Å²) in [7, 11) is 0. The van der Waals surface area contributed by atoms with E-state index in [2.05, 4.69) is 15.2 Å². The fourth-order valence-electron chi connectivity index (χ4n) is 1.04. The van der Waals surface area contributed by atoms with Gasteiger partial charge in [0.2, 0.25) is 0 Å². The average Bonchev–Trinajstić information content (AvgIpc) is 2.52. The maximum absolute atomic E-state index is 10.7. The summed E-state index contributed by atoms with van der Waals surface area (Å²) in [6.45, 7) is 0. The molecular weight excluding hydrogens is 190 g/mol. The highest BCUT2D eigenvalue weighted by Crippen LogP contribution is 2.17. The second-order valence-corrected chi connectivity index (χ2v) is 2.97. The Kier molecular flexibility index (Phi) is 1.90. The number of halogens is 1. The molecule has 0 amide bonds. The van der Waals surface area contributed by atoms with E-state index in [-0.39, 0.29) is 5.69 Å². The number of hydrogen-bond donors (Lipinski definition) is 2. The van der Waals surface area contributed by atoms with Crippen LogP contribution in [0, 0.1) is 0 Å². The Morgan fingerprint density at radius 2 is 2.23 bits per heavy atom. The van der Waals surface area contributed by atoms with Gasteiger partial charge in [-0.25, -0.2) is 9.89 Å². The molecular formula is C8H6ClN3O. The molecule has 0 aliphatic rings. The van der Waals surface area contributed by atoms with Crippen molar-refractivity contribution in [3.63, 3.8) is 0 Å². The zero-order chi connectivity index (χ0) is 9.26. The number of aromatic nitrogens is 3. The molecule has 0 aliphatic carbocycles. The third-order valence-electron chi connectivity index (χ3n) is 1.60. The first-order valence-corrected chi connectivity index (χ1v) is 4.04. The Morgan fingerprint density at radius 3 is 2.85 bits per heavy atom. The fourth-order valence-corrected chi connectivity index (χ4v) is 1.23. The number of nitrogens with one attached hydrogen (secondary N) is 2. The molecule has 1 aromatic carbocycles. The molecule has 0 saturated heterocycles. The second-order valence-electron chi connectivity index (χ2n) is 2.54. The first kappa shape index (κ1) is 8.07. The van der Waals surface area contributed by atoms with Gasteiger partial charge < -0.3 is 0 Å². The van der Waals surface area contributed by atoms with Crippen LogP contribution in [0.5, 0.6) is 0 Å². The average molecular weight is 196 g/mol. The van der Waals surface area contributed by atoms with Gasteiger partial charge in [0.15, 0.2) is 5.82 Å². The zero-order valence-corrected chi connectivity index (χ0v) is 7.30. The van der Waals surface area contributed by atoms with Gasteiger partial charge in [-0.05, 0) is 12.1 Å². The predicted molar refractivity (Wildman–Crippen MR) is 49.7 cm³/mol. The number of hydrogen-bond acceptors (Lipinski definition) is 2. The van der Waals surface area contributed by atoms with Gasteiger partial charge in [0.05, 0.1) is 0 Å². The maximum Gasteiger partial charge on any atom is 0.340 e. The van der Waals surface area contributed by atoms with E-state index in [9.17, 15) is 4.79 Å². The van der Waals surface area contributed by atoms with E-state index in [1.165, 1.54) is 0 Å². The second kappa shape index (κ2) is 3.06. The van der Waals surface area contributed by atoms with E-state index in [0.717, 1.165) is 5.56 Å². The molecule has 0 spiro atoms. The van der Waals surface area contributed by atoms with Crippen LogP contribution >= 0.6 is 11.6 Å². The minimum absolute atomic E-state index is 0.324. The van der Waals surface area contributed by atoms with Crippen LogP contribution in [0.15, 0.2) is 29.1 Å². The summed E-state index contributed by atoms with van der Waals surface area (Å²) in [6, 6.07) is 7.10. The van der Waals surface area contributed by atoms with Crippen molar-refractivity contribution in [1.29, 1.82) is 0 Å². The minimum Gasteiger partial charge on any atom is -0.289 e. The molecule has 2 aromatic rings. The molecule has 13 heavy (non-hydrogen) atoms. The van der Waals surface area contributed by atoms with Gasteiger partial charge in [0.25, 0.3) is 0 Å². The van der Waals surface area contributed by atoms with Crippen LogP contribution in [-0.2, 0) is 0 Å². The monoisotopic (exact) mass is 195 g/mol. The molecule has 0 radical (unpaired) electrons. The fraction of sp³-hybridized carbons (Fsp3) is 0. The van der Waals surface area contributed by atoms with Gasteiger partial charge in [0, 0.05) is 10.6 Å². The molecule has 0 bridgehead atoms. The molecule has 1 heterocycles. The van der Waals surface area contributed by atoms with E-state index in [4.69, 9.17) is 11.6 Å². The first-order chi connectivity index (χ1) is 6.25. The summed E-state index contributed by atoms with van der Waals surface area (Å²) in [6.07, 6.45) is 0. The Morgan fingerprint density at radius 1 is 1.38 bits per heavy atom. The van der Waals surface area contributed by atoms with Crippen molar-refractivity contribution in [2.75, 3.05) is 0 Å². The molecule has 66 valence electrons. The Hall–Kier alpha value is -1.55. The zero-order valence-electron chi connectivity index (χ0n) is 6.54. The number of nitrogens with zero attached hydrogens (tertiary/aromatic N) is 1. The lowest BCUT2D eigenvalue weighted by Gasteiger charge is -1.94. The van der Waals surface area contributed by atoms with Crippen LogP contribution in [0.2, 0.25) is 5.02 Å². The summed E-state index contributed by atoms with van der Waals surface area (Å²) in [4.78, 5) is 13.3. The Labute approximate surface area is 78.6 Å². The largest absolute Gasteiger partial charge is 0.340 e. The van der Waals surface area contributed by atoms with Crippen LogP contribution < -0.4 is 5.69 Å². The normalized spacial score (nSPS) is 10.2. The highest BCUT2D eigenvalue weighted by atomic mass is 35.5. The molecule has 0 fully saturated rings. The SMILES string of the molecule is O=c1[nH]nc(-c2cccc(Cl)c2)[nH]1. The Bertz CT molecular complexity index is 474. The lowest BCUT2D eigenvalue weighted by Crippen LogP contribution is -2.00. The Balaban J connectivity index is 2.52. The van der Waals surface area contributed by atoms with Crippen molar-refractivity contribution in [3.8, 4) is 11.4 Å². The van der Waals surface area contributed by atoms with Crippen LogP contribution in [0.4, 0.5) is 0 Å². The molecule has 0 saturated carbocycles. The van der Waals surface area contributed by atoms with Gasteiger partial charge in [-0.1, -0.05) is 23.7 Å². The molecule has 1 aromatic heterocycles. The third kappa shape index (κ3) is 1.62. The highest BCUT2D eigenvalue weighted by molar-refractivity contribution is 6.30. The van der Waals surface area contributed by atoms with Crippen LogP contribution in [0.1, 0.15) is 0 Å². The summed E-state index contributed by atoms with van der Waals surface area (Å²) >= 11 is 5.77. The summed E-state index contributed by atoms with van der Waals surface area (Å²) in [5.41, 5.74) is 0.459. The van der Waals surface area contributed by atoms with E-state index >= 15 is 0 Å². The van der Waals surface area contributed by atoms with Crippen molar-refractivity contribution in [1.82, 2.24) is 15.2 Å². The van der Waals surface area contributed by atoms with Gasteiger partial charge >= 0.3 is 5.69 Å². The first-order valence-electron chi connectivity index (χ1n) is 3.66. The van der Waals surface area contributed by atoms with Crippen molar-refractivity contribution in [2.24, 2.45) is 0 Å². The standard InChI is InChI=1S/C8H6ClN3O/c9-6-3-1-2-5(4-6)7-10-8(13)12-11-7/h1-4H,(H2,10,11,12,13). The molecule has 0 unspecified atom stereocenters. The maximum atomic E-state index is 10.7. The van der Waals surface area contributed by atoms with E-state index < -0.39 is 0 Å². The summed E-state index contributed by atoms with van der Waals surface area (Å²) in [5, 5.41) is 6.67. The van der Waals surface area contributed by atoms with Gasteiger partial charge in [-0.3, -0.25) is 4.98 Å². The van der Waals surface area contributed by atoms with Gasteiger partial charge in [-0.2, -0.15) is 5.10 Å². The topological polar surface area (TPSA) is 61.5 Å². The number of H-pyrrole nitrogens is 2. The van der Waals surface area contributed by atoms with Crippen molar-refractivity contribution in [3.05, 3.63) is 39.8 Å². The van der Waals surface area contributed by atoms with Crippen molar-refractivity contribution >= 4 is 11.6 Å². The molecule has 4 nitrogen and oxygen atoms in total. The smallest absolute Gasteiger partial charge is 0.289 e. The highest BCUT2D eigenvalue weighted by Gasteiger charge is 2.01. The predicted octanol–water partition coefficient (Wildman–Crippen LogP) is 1.42.